The van der Waals surface area contributed by atoms with Gasteiger partial charge in [-0.15, -0.1) is 0 Å². The first-order chi connectivity index (χ1) is 5.55. The Morgan fingerprint density at radius 2 is 1.83 bits per heavy atom. The van der Waals surface area contributed by atoms with E-state index < -0.39 is 0 Å². The van der Waals surface area contributed by atoms with Crippen molar-refractivity contribution >= 4 is 0 Å². The number of rotatable bonds is 6. The van der Waals surface area contributed by atoms with Gasteiger partial charge in [-0.1, -0.05) is 34.1 Å². The molecule has 0 radical (unpaired) electrons. The van der Waals surface area contributed by atoms with Crippen LogP contribution >= 0.6 is 0 Å². The van der Waals surface area contributed by atoms with E-state index in [4.69, 9.17) is 0 Å². The Labute approximate surface area is 77.9 Å². The van der Waals surface area contributed by atoms with Crippen molar-refractivity contribution in [1.82, 2.24) is 5.32 Å². The smallest absolute Gasteiger partial charge is 0.00616 e. The van der Waals surface area contributed by atoms with Gasteiger partial charge >= 0.3 is 0 Å². The average Bonchev–Trinajstić information content (AvgIpc) is 2.06. The Balaban J connectivity index is 3.65. The molecular weight excluding hydrogens is 146 g/mol. The summed E-state index contributed by atoms with van der Waals surface area (Å²) in [5.41, 5.74) is 0.532. The molecule has 0 aliphatic carbocycles. The van der Waals surface area contributed by atoms with E-state index >= 15 is 0 Å². The van der Waals surface area contributed by atoms with Crippen molar-refractivity contribution in [1.29, 1.82) is 0 Å². The second-order valence-corrected chi connectivity index (χ2v) is 4.45. The first-order valence-corrected chi connectivity index (χ1v) is 5.23. The quantitative estimate of drug-likeness (QED) is 0.647. The van der Waals surface area contributed by atoms with Crippen LogP contribution in [0.25, 0.3) is 0 Å². The molecule has 0 aliphatic rings. The summed E-state index contributed by atoms with van der Waals surface area (Å²) in [6, 6.07) is 0.718. The lowest BCUT2D eigenvalue weighted by molar-refractivity contribution is 0.291. The van der Waals surface area contributed by atoms with Crippen molar-refractivity contribution < 1.29 is 0 Å². The second kappa shape index (κ2) is 5.58. The van der Waals surface area contributed by atoms with Gasteiger partial charge in [0.1, 0.15) is 0 Å². The van der Waals surface area contributed by atoms with Gasteiger partial charge in [0.15, 0.2) is 0 Å². The van der Waals surface area contributed by atoms with Crippen molar-refractivity contribution in [2.45, 2.75) is 59.4 Å². The fourth-order valence-corrected chi connectivity index (χ4v) is 1.29. The minimum absolute atomic E-state index is 0.532. The number of nitrogens with one attached hydrogen (secondary N) is 1. The maximum atomic E-state index is 3.35. The third-order valence-corrected chi connectivity index (χ3v) is 3.03. The van der Waals surface area contributed by atoms with E-state index in [1.807, 2.05) is 0 Å². The van der Waals surface area contributed by atoms with Gasteiger partial charge in [-0.2, -0.15) is 0 Å². The van der Waals surface area contributed by atoms with E-state index in [0.29, 0.717) is 5.41 Å². The van der Waals surface area contributed by atoms with Gasteiger partial charge in [0, 0.05) is 6.04 Å². The van der Waals surface area contributed by atoms with Crippen LogP contribution in [0.4, 0.5) is 0 Å². The van der Waals surface area contributed by atoms with Crippen LogP contribution in [0.2, 0.25) is 0 Å². The summed E-state index contributed by atoms with van der Waals surface area (Å²) in [4.78, 5) is 0. The van der Waals surface area contributed by atoms with Gasteiger partial charge in [0.2, 0.25) is 0 Å². The molecule has 0 saturated heterocycles. The van der Waals surface area contributed by atoms with E-state index in [1.54, 1.807) is 0 Å². The lowest BCUT2D eigenvalue weighted by Gasteiger charge is -2.25. The Kier molecular flexibility index (Phi) is 5.56. The molecule has 1 unspecified atom stereocenters. The molecule has 0 aromatic rings. The van der Waals surface area contributed by atoms with Crippen molar-refractivity contribution in [3.8, 4) is 0 Å². The SMILES string of the molecule is CCC(CCC(C)(C)CC)NC. The van der Waals surface area contributed by atoms with E-state index in [1.165, 1.54) is 25.7 Å². The first-order valence-electron chi connectivity index (χ1n) is 5.23. The fourth-order valence-electron chi connectivity index (χ4n) is 1.29. The van der Waals surface area contributed by atoms with Crippen LogP contribution in [0.3, 0.4) is 0 Å². The summed E-state index contributed by atoms with van der Waals surface area (Å²) in [6.45, 7) is 9.24. The topological polar surface area (TPSA) is 12.0 Å². The highest BCUT2D eigenvalue weighted by Gasteiger charge is 2.16. The minimum Gasteiger partial charge on any atom is -0.317 e. The first kappa shape index (κ1) is 12.0. The number of hydrogen-bond donors (Lipinski definition) is 1. The van der Waals surface area contributed by atoms with Crippen molar-refractivity contribution in [3.05, 3.63) is 0 Å². The third kappa shape index (κ3) is 4.76. The van der Waals surface area contributed by atoms with Gasteiger partial charge in [-0.05, 0) is 31.7 Å². The highest BCUT2D eigenvalue weighted by molar-refractivity contribution is 4.71. The van der Waals surface area contributed by atoms with Gasteiger partial charge < -0.3 is 5.32 Å². The summed E-state index contributed by atoms with van der Waals surface area (Å²) in [5.74, 6) is 0. The Hall–Kier alpha value is -0.0400. The van der Waals surface area contributed by atoms with Crippen molar-refractivity contribution in [2.75, 3.05) is 7.05 Å². The molecule has 0 amide bonds. The summed E-state index contributed by atoms with van der Waals surface area (Å²) >= 11 is 0. The third-order valence-electron chi connectivity index (χ3n) is 3.03. The molecule has 0 rings (SSSR count). The lowest BCUT2D eigenvalue weighted by Crippen LogP contribution is -2.26. The summed E-state index contributed by atoms with van der Waals surface area (Å²) in [5, 5.41) is 3.35. The molecule has 1 N–H and O–H groups in total. The maximum absolute atomic E-state index is 3.35. The van der Waals surface area contributed by atoms with Crippen LogP contribution < -0.4 is 5.32 Å². The Morgan fingerprint density at radius 1 is 1.25 bits per heavy atom. The molecule has 0 bridgehead atoms. The lowest BCUT2D eigenvalue weighted by atomic mass is 9.83. The molecule has 1 nitrogen and oxygen atoms in total. The zero-order valence-electron chi connectivity index (χ0n) is 9.41. The Morgan fingerprint density at radius 3 is 2.17 bits per heavy atom. The van der Waals surface area contributed by atoms with Crippen LogP contribution in [-0.2, 0) is 0 Å². The van der Waals surface area contributed by atoms with Crippen LogP contribution in [0.1, 0.15) is 53.4 Å². The molecular formula is C11H25N. The molecule has 0 aromatic heterocycles. The van der Waals surface area contributed by atoms with E-state index in [-0.39, 0.29) is 0 Å². The molecule has 12 heavy (non-hydrogen) atoms. The summed E-state index contributed by atoms with van der Waals surface area (Å²) in [7, 11) is 2.06. The maximum Gasteiger partial charge on any atom is 0.00616 e. The van der Waals surface area contributed by atoms with Gasteiger partial charge in [-0.25, -0.2) is 0 Å². The fraction of sp³-hybridized carbons (Fsp3) is 1.00. The van der Waals surface area contributed by atoms with Gasteiger partial charge in [0.25, 0.3) is 0 Å². The molecule has 0 spiro atoms. The predicted molar refractivity (Wildman–Crippen MR) is 56.4 cm³/mol. The van der Waals surface area contributed by atoms with Crippen molar-refractivity contribution in [2.24, 2.45) is 5.41 Å². The van der Waals surface area contributed by atoms with Crippen LogP contribution in [0, 0.1) is 5.41 Å². The monoisotopic (exact) mass is 171 g/mol. The predicted octanol–water partition coefficient (Wildman–Crippen LogP) is 3.20. The van der Waals surface area contributed by atoms with Crippen molar-refractivity contribution in [3.63, 3.8) is 0 Å². The van der Waals surface area contributed by atoms with Crippen LogP contribution in [0.15, 0.2) is 0 Å². The molecule has 0 saturated carbocycles. The number of hydrogen-bond acceptors (Lipinski definition) is 1. The van der Waals surface area contributed by atoms with E-state index in [2.05, 4.69) is 40.1 Å². The zero-order chi connectivity index (χ0) is 9.61. The van der Waals surface area contributed by atoms with Gasteiger partial charge in [0.05, 0.1) is 0 Å². The second-order valence-electron chi connectivity index (χ2n) is 4.45. The highest BCUT2D eigenvalue weighted by atomic mass is 14.9. The van der Waals surface area contributed by atoms with Gasteiger partial charge in [-0.3, -0.25) is 0 Å². The zero-order valence-corrected chi connectivity index (χ0v) is 9.41. The molecule has 0 aliphatic heterocycles. The molecule has 0 aromatic carbocycles. The molecule has 1 heteroatoms. The molecule has 1 atom stereocenters. The highest BCUT2D eigenvalue weighted by Crippen LogP contribution is 2.26. The standard InChI is InChI=1S/C11H25N/c1-6-10(12-5)8-9-11(3,4)7-2/h10,12H,6-9H2,1-5H3. The molecule has 0 fully saturated rings. The Bertz CT molecular complexity index is 104. The normalized spacial score (nSPS) is 14.8. The molecule has 0 heterocycles. The van der Waals surface area contributed by atoms with Crippen LogP contribution in [-0.4, -0.2) is 13.1 Å². The largest absolute Gasteiger partial charge is 0.317 e. The van der Waals surface area contributed by atoms with Crippen LogP contribution in [0.5, 0.6) is 0 Å². The van der Waals surface area contributed by atoms with E-state index in [9.17, 15) is 0 Å². The summed E-state index contributed by atoms with van der Waals surface area (Å²) < 4.78 is 0. The summed E-state index contributed by atoms with van der Waals surface area (Å²) in [6.07, 6.45) is 5.18. The van der Waals surface area contributed by atoms with E-state index in [0.717, 1.165) is 6.04 Å². The minimum atomic E-state index is 0.532. The molecule has 74 valence electrons. The average molecular weight is 171 g/mol.